The minimum absolute atomic E-state index is 0.116. The molecule has 0 unspecified atom stereocenters. The van der Waals surface area contributed by atoms with E-state index in [1.165, 1.54) is 4.90 Å². The molecule has 0 radical (unpaired) electrons. The standard InChI is InChI=1S/C18H14F2N4O2/c1-26-10-3-5-12-13(7-10)23-18(22-12)16-15(25)8-24(17(16)21)14-6-9(19)2-4-11(14)20/h2-7,21,25H,8H2,1H3,(H,22,23). The zero-order valence-corrected chi connectivity index (χ0v) is 13.7. The number of aromatic amines is 1. The van der Waals surface area contributed by atoms with Crippen molar-refractivity contribution < 1.29 is 18.6 Å². The first-order valence-corrected chi connectivity index (χ1v) is 7.75. The van der Waals surface area contributed by atoms with Crippen molar-refractivity contribution in [3.8, 4) is 5.75 Å². The molecule has 1 aliphatic heterocycles. The number of nitrogens with one attached hydrogen (secondary N) is 2. The number of hydrogen-bond donors (Lipinski definition) is 3. The topological polar surface area (TPSA) is 85.2 Å². The molecule has 26 heavy (non-hydrogen) atoms. The number of nitrogens with zero attached hydrogens (tertiary/aromatic N) is 2. The van der Waals surface area contributed by atoms with E-state index in [-0.39, 0.29) is 35.2 Å². The number of amidine groups is 1. The molecule has 2 aromatic carbocycles. The molecule has 3 N–H and O–H groups in total. The molecule has 4 rings (SSSR count). The highest BCUT2D eigenvalue weighted by Crippen LogP contribution is 2.32. The van der Waals surface area contributed by atoms with Crippen LogP contribution in [-0.2, 0) is 0 Å². The Morgan fingerprint density at radius 1 is 1.23 bits per heavy atom. The van der Waals surface area contributed by atoms with Crippen molar-refractivity contribution in [3.63, 3.8) is 0 Å². The molecule has 0 saturated carbocycles. The second-order valence-electron chi connectivity index (χ2n) is 5.82. The molecule has 0 spiro atoms. The van der Waals surface area contributed by atoms with E-state index in [4.69, 9.17) is 10.1 Å². The van der Waals surface area contributed by atoms with Crippen molar-refractivity contribution in [3.05, 3.63) is 59.6 Å². The highest BCUT2D eigenvalue weighted by molar-refractivity contribution is 6.30. The normalized spacial score (nSPS) is 14.6. The van der Waals surface area contributed by atoms with Gasteiger partial charge in [-0.15, -0.1) is 0 Å². The van der Waals surface area contributed by atoms with Crippen LogP contribution in [0.4, 0.5) is 14.5 Å². The minimum atomic E-state index is -0.681. The second kappa shape index (κ2) is 5.83. The van der Waals surface area contributed by atoms with Crippen LogP contribution in [0.3, 0.4) is 0 Å². The molecule has 6 nitrogen and oxygen atoms in total. The van der Waals surface area contributed by atoms with E-state index in [1.54, 1.807) is 25.3 Å². The van der Waals surface area contributed by atoms with Gasteiger partial charge in [0.25, 0.3) is 0 Å². The summed E-state index contributed by atoms with van der Waals surface area (Å²) in [5, 5.41) is 18.6. The van der Waals surface area contributed by atoms with Crippen LogP contribution in [-0.4, -0.2) is 34.6 Å². The molecule has 8 heteroatoms. The lowest BCUT2D eigenvalue weighted by Crippen LogP contribution is -2.27. The monoisotopic (exact) mass is 356 g/mol. The molecule has 0 saturated heterocycles. The van der Waals surface area contributed by atoms with Gasteiger partial charge in [0, 0.05) is 12.1 Å². The molecule has 1 aromatic heterocycles. The van der Waals surface area contributed by atoms with Gasteiger partial charge in [-0.2, -0.15) is 0 Å². The second-order valence-corrected chi connectivity index (χ2v) is 5.82. The number of aliphatic hydroxyl groups is 1. The Morgan fingerprint density at radius 2 is 2.04 bits per heavy atom. The summed E-state index contributed by atoms with van der Waals surface area (Å²) in [4.78, 5) is 8.59. The average Bonchev–Trinajstić information content (AvgIpc) is 3.16. The molecule has 0 fully saturated rings. The lowest BCUT2D eigenvalue weighted by molar-refractivity contribution is 0.411. The van der Waals surface area contributed by atoms with Gasteiger partial charge >= 0.3 is 0 Å². The zero-order chi connectivity index (χ0) is 18.4. The number of rotatable bonds is 3. The SMILES string of the molecule is COc1ccc2nc(C3=C(O)CN(c4cc(F)ccc4F)C3=N)[nH]c2c1. The van der Waals surface area contributed by atoms with Gasteiger partial charge < -0.3 is 19.7 Å². The summed E-state index contributed by atoms with van der Waals surface area (Å²) in [6, 6.07) is 8.21. The molecular weight excluding hydrogens is 342 g/mol. The van der Waals surface area contributed by atoms with Gasteiger partial charge in [0.2, 0.25) is 0 Å². The minimum Gasteiger partial charge on any atom is -0.509 e. The molecule has 0 amide bonds. The molecule has 2 heterocycles. The maximum atomic E-state index is 14.1. The highest BCUT2D eigenvalue weighted by atomic mass is 19.1. The van der Waals surface area contributed by atoms with E-state index in [1.807, 2.05) is 0 Å². The van der Waals surface area contributed by atoms with Crippen molar-refractivity contribution in [2.45, 2.75) is 0 Å². The summed E-state index contributed by atoms with van der Waals surface area (Å²) in [7, 11) is 1.55. The third-order valence-electron chi connectivity index (χ3n) is 4.23. The van der Waals surface area contributed by atoms with Gasteiger partial charge in [-0.3, -0.25) is 5.41 Å². The summed E-state index contributed by atoms with van der Waals surface area (Å²) >= 11 is 0. The number of anilines is 1. The van der Waals surface area contributed by atoms with Crippen LogP contribution >= 0.6 is 0 Å². The molecular formula is C18H14F2N4O2. The Kier molecular flexibility index (Phi) is 3.61. The quantitative estimate of drug-likeness (QED) is 0.669. The van der Waals surface area contributed by atoms with Crippen molar-refractivity contribution >= 4 is 28.1 Å². The fraction of sp³-hybridized carbons (Fsp3) is 0.111. The van der Waals surface area contributed by atoms with Gasteiger partial charge in [0.15, 0.2) is 0 Å². The van der Waals surface area contributed by atoms with Gasteiger partial charge in [-0.05, 0) is 24.3 Å². The predicted octanol–water partition coefficient (Wildman–Crippen LogP) is 3.62. The average molecular weight is 356 g/mol. The molecule has 0 bridgehead atoms. The number of methoxy groups -OCH3 is 1. The van der Waals surface area contributed by atoms with Gasteiger partial charge in [-0.1, -0.05) is 0 Å². The maximum Gasteiger partial charge on any atom is 0.147 e. The highest BCUT2D eigenvalue weighted by Gasteiger charge is 2.32. The lowest BCUT2D eigenvalue weighted by Gasteiger charge is -2.19. The third kappa shape index (κ3) is 2.46. The van der Waals surface area contributed by atoms with Crippen molar-refractivity contribution in [2.24, 2.45) is 0 Å². The lowest BCUT2D eigenvalue weighted by atomic mass is 10.2. The van der Waals surface area contributed by atoms with Gasteiger partial charge in [-0.25, -0.2) is 13.8 Å². The largest absolute Gasteiger partial charge is 0.509 e. The van der Waals surface area contributed by atoms with Gasteiger partial charge in [0.05, 0.1) is 35.9 Å². The number of aromatic nitrogens is 2. The Bertz CT molecular complexity index is 1070. The molecule has 0 aliphatic carbocycles. The Hall–Kier alpha value is -3.42. The van der Waals surface area contributed by atoms with E-state index < -0.39 is 11.6 Å². The van der Waals surface area contributed by atoms with Crippen LogP contribution in [0.25, 0.3) is 16.6 Å². The van der Waals surface area contributed by atoms with E-state index in [0.29, 0.717) is 16.8 Å². The number of ether oxygens (including phenoxy) is 1. The fourth-order valence-electron chi connectivity index (χ4n) is 2.96. The van der Waals surface area contributed by atoms with Crippen LogP contribution in [0.2, 0.25) is 0 Å². The van der Waals surface area contributed by atoms with E-state index >= 15 is 0 Å². The number of hydrogen-bond acceptors (Lipinski definition) is 4. The Morgan fingerprint density at radius 3 is 2.81 bits per heavy atom. The van der Waals surface area contributed by atoms with Crippen LogP contribution in [0.1, 0.15) is 5.82 Å². The smallest absolute Gasteiger partial charge is 0.147 e. The first kappa shape index (κ1) is 16.1. The summed E-state index contributed by atoms with van der Waals surface area (Å²) in [5.41, 5.74) is 1.32. The number of fused-ring (bicyclic) bond motifs is 1. The first-order valence-electron chi connectivity index (χ1n) is 7.75. The number of H-pyrrole nitrogens is 1. The van der Waals surface area contributed by atoms with E-state index in [0.717, 1.165) is 18.2 Å². The van der Waals surface area contributed by atoms with E-state index in [9.17, 15) is 13.9 Å². The van der Waals surface area contributed by atoms with Gasteiger partial charge in [0.1, 0.15) is 34.8 Å². The van der Waals surface area contributed by atoms with Crippen LogP contribution in [0, 0.1) is 17.0 Å². The molecule has 3 aromatic rings. The summed E-state index contributed by atoms with van der Waals surface area (Å²) in [6.45, 7) is -0.144. The number of imidazole rings is 1. The summed E-state index contributed by atoms with van der Waals surface area (Å²) in [5.74, 6) is -0.717. The Labute approximate surface area is 146 Å². The maximum absolute atomic E-state index is 14.1. The summed E-state index contributed by atoms with van der Waals surface area (Å²) < 4.78 is 32.7. The van der Waals surface area contributed by atoms with E-state index in [2.05, 4.69) is 9.97 Å². The zero-order valence-electron chi connectivity index (χ0n) is 13.7. The first-order chi connectivity index (χ1) is 12.5. The van der Waals surface area contributed by atoms with Crippen LogP contribution < -0.4 is 9.64 Å². The van der Waals surface area contributed by atoms with Crippen LogP contribution in [0.15, 0.2) is 42.2 Å². The predicted molar refractivity (Wildman–Crippen MR) is 93.6 cm³/mol. The Balaban J connectivity index is 1.74. The molecule has 0 atom stereocenters. The number of benzene rings is 2. The number of aliphatic hydroxyl groups excluding tert-OH is 1. The fourth-order valence-corrected chi connectivity index (χ4v) is 2.96. The third-order valence-corrected chi connectivity index (χ3v) is 4.23. The molecule has 1 aliphatic rings. The van der Waals surface area contributed by atoms with Crippen molar-refractivity contribution in [1.29, 1.82) is 5.41 Å². The molecule has 132 valence electrons. The number of halogens is 2. The van der Waals surface area contributed by atoms with Crippen molar-refractivity contribution in [1.82, 2.24) is 9.97 Å². The van der Waals surface area contributed by atoms with Crippen molar-refractivity contribution in [2.75, 3.05) is 18.6 Å². The summed E-state index contributed by atoms with van der Waals surface area (Å²) in [6.07, 6.45) is 0. The van der Waals surface area contributed by atoms with Crippen LogP contribution in [0.5, 0.6) is 5.75 Å².